The number of alkyl halides is 3. The molecule has 2 unspecified atom stereocenters. The molecule has 1 N–H and O–H groups in total. The molecule has 0 radical (unpaired) electrons. The van der Waals surface area contributed by atoms with E-state index in [2.05, 4.69) is 0 Å². The molecule has 4 rings (SSSR count). The van der Waals surface area contributed by atoms with Gasteiger partial charge in [0.25, 0.3) is 0 Å². The van der Waals surface area contributed by atoms with Crippen LogP contribution in [0.4, 0.5) is 13.2 Å². The van der Waals surface area contributed by atoms with Crippen molar-refractivity contribution in [2.75, 3.05) is 0 Å². The molecule has 0 spiro atoms. The zero-order valence-corrected chi connectivity index (χ0v) is 18.7. The van der Waals surface area contributed by atoms with Crippen molar-refractivity contribution in [3.63, 3.8) is 0 Å². The van der Waals surface area contributed by atoms with Crippen molar-refractivity contribution in [1.29, 1.82) is 0 Å². The topological polar surface area (TPSA) is 97.7 Å². The van der Waals surface area contributed by atoms with Crippen molar-refractivity contribution in [3.8, 4) is 0 Å². The molecular formula is C24H27F3O6. The summed E-state index contributed by atoms with van der Waals surface area (Å²) in [4.78, 5) is 48.5. The van der Waals surface area contributed by atoms with Gasteiger partial charge in [0.15, 0.2) is 17.2 Å². The number of rotatable bonds is 4. The highest BCUT2D eigenvalue weighted by atomic mass is 19.2. The first-order chi connectivity index (χ1) is 15.2. The number of ketones is 2. The summed E-state index contributed by atoms with van der Waals surface area (Å²) in [5.41, 5.74) is -7.87. The molecule has 0 aromatic carbocycles. The first-order valence-corrected chi connectivity index (χ1v) is 11.1. The Labute approximate surface area is 189 Å². The summed E-state index contributed by atoms with van der Waals surface area (Å²) in [6.45, 7) is 3.92. The molecule has 0 aromatic heterocycles. The van der Waals surface area contributed by atoms with Crippen LogP contribution in [0.2, 0.25) is 0 Å². The van der Waals surface area contributed by atoms with Gasteiger partial charge in [-0.2, -0.15) is 0 Å². The van der Waals surface area contributed by atoms with E-state index in [1.807, 2.05) is 0 Å². The van der Waals surface area contributed by atoms with Crippen LogP contribution in [-0.4, -0.2) is 52.2 Å². The summed E-state index contributed by atoms with van der Waals surface area (Å²) in [6, 6.07) is 0. The number of allylic oxidation sites excluding steroid dienone is 4. The predicted molar refractivity (Wildman–Crippen MR) is 109 cm³/mol. The number of carbonyl (C=O) groups excluding carboxylic acids is 3. The molecule has 6 nitrogen and oxygen atoms in total. The van der Waals surface area contributed by atoms with E-state index in [1.54, 1.807) is 6.92 Å². The van der Waals surface area contributed by atoms with Gasteiger partial charge in [-0.25, -0.2) is 18.0 Å². The number of carbonyl (C=O) groups is 4. The second-order valence-electron chi connectivity index (χ2n) is 10.5. The number of esters is 1. The molecule has 0 heterocycles. The van der Waals surface area contributed by atoms with Crippen LogP contribution in [0.5, 0.6) is 0 Å². The number of ether oxygens (including phenoxy) is 1. The molecule has 0 saturated heterocycles. The summed E-state index contributed by atoms with van der Waals surface area (Å²) in [5, 5.41) is 8.85. The van der Waals surface area contributed by atoms with Gasteiger partial charge in [-0.3, -0.25) is 14.4 Å². The lowest BCUT2D eigenvalue weighted by atomic mass is 9.46. The third-order valence-electron chi connectivity index (χ3n) is 8.46. The number of Topliss-reactive ketones (excluding diaryl/α,β-unsaturated/α-hetero) is 1. The molecule has 0 amide bonds. The second-order valence-corrected chi connectivity index (χ2v) is 10.5. The zero-order valence-electron chi connectivity index (χ0n) is 18.7. The maximum Gasteiger partial charge on any atom is 0.344 e. The quantitative estimate of drug-likeness (QED) is 0.633. The maximum absolute atomic E-state index is 16.8. The standard InChI is InChI=1S/C24H27F3O6/c1-21-10-17(29)24(27)14(9-16(25)15-8-12(28)6-7-22(15,24)2)13(21)4-5-18(21)33-20(32)23(3,26)11-19(30)31/h6-8,13-14,16,18H,4-5,9-11H2,1-3H3,(H,30,31)/t13-,14-,16+,18?,21-,22-,23?,24-/m0/s1. The Hall–Kier alpha value is -2.45. The minimum absolute atomic E-state index is 0.0338. The fourth-order valence-corrected chi connectivity index (χ4v) is 6.69. The number of hydrogen-bond acceptors (Lipinski definition) is 5. The third-order valence-corrected chi connectivity index (χ3v) is 8.46. The fourth-order valence-electron chi connectivity index (χ4n) is 6.69. The molecule has 33 heavy (non-hydrogen) atoms. The summed E-state index contributed by atoms with van der Waals surface area (Å²) in [7, 11) is 0. The normalized spacial score (nSPS) is 43.6. The summed E-state index contributed by atoms with van der Waals surface area (Å²) < 4.78 is 52.0. The van der Waals surface area contributed by atoms with Gasteiger partial charge in [0.05, 0.1) is 11.8 Å². The van der Waals surface area contributed by atoms with E-state index in [4.69, 9.17) is 9.84 Å². The van der Waals surface area contributed by atoms with Crippen LogP contribution >= 0.6 is 0 Å². The molecule has 0 aromatic rings. The summed E-state index contributed by atoms with van der Waals surface area (Å²) in [5.74, 6) is -5.61. The van der Waals surface area contributed by atoms with Gasteiger partial charge < -0.3 is 9.84 Å². The molecule has 8 atom stereocenters. The van der Waals surface area contributed by atoms with Crippen LogP contribution in [0.25, 0.3) is 0 Å². The number of aliphatic carboxylic acids is 1. The molecule has 3 fully saturated rings. The number of halogens is 3. The largest absolute Gasteiger partial charge is 0.481 e. The number of carboxylic acids is 1. The number of carboxylic acid groups (broad SMARTS) is 1. The van der Waals surface area contributed by atoms with Crippen LogP contribution < -0.4 is 0 Å². The van der Waals surface area contributed by atoms with E-state index in [9.17, 15) is 23.6 Å². The second kappa shape index (κ2) is 7.27. The van der Waals surface area contributed by atoms with Crippen LogP contribution in [-0.2, 0) is 23.9 Å². The van der Waals surface area contributed by atoms with E-state index >= 15 is 8.78 Å². The maximum atomic E-state index is 16.8. The van der Waals surface area contributed by atoms with Crippen LogP contribution in [0.3, 0.4) is 0 Å². The van der Waals surface area contributed by atoms with Crippen LogP contribution in [0.1, 0.15) is 52.9 Å². The lowest BCUT2D eigenvalue weighted by molar-refractivity contribution is -0.185. The highest BCUT2D eigenvalue weighted by Gasteiger charge is 2.72. The van der Waals surface area contributed by atoms with Gasteiger partial charge in [0.2, 0.25) is 5.67 Å². The monoisotopic (exact) mass is 468 g/mol. The van der Waals surface area contributed by atoms with Gasteiger partial charge in [-0.05, 0) is 56.8 Å². The first-order valence-electron chi connectivity index (χ1n) is 11.1. The highest BCUT2D eigenvalue weighted by Crippen LogP contribution is 2.67. The number of fused-ring (bicyclic) bond motifs is 5. The van der Waals surface area contributed by atoms with Crippen molar-refractivity contribution in [2.45, 2.75) is 76.5 Å². The van der Waals surface area contributed by atoms with E-state index in [1.165, 1.54) is 13.0 Å². The molecule has 9 heteroatoms. The lowest BCUT2D eigenvalue weighted by Gasteiger charge is -2.59. The summed E-state index contributed by atoms with van der Waals surface area (Å²) >= 11 is 0. The minimum atomic E-state index is -2.76. The van der Waals surface area contributed by atoms with Crippen molar-refractivity contribution in [3.05, 3.63) is 23.8 Å². The van der Waals surface area contributed by atoms with E-state index in [0.717, 1.165) is 19.1 Å². The smallest absolute Gasteiger partial charge is 0.344 e. The van der Waals surface area contributed by atoms with Crippen LogP contribution in [0.15, 0.2) is 23.8 Å². The molecule has 4 aliphatic rings. The van der Waals surface area contributed by atoms with Gasteiger partial charge >= 0.3 is 11.9 Å². The zero-order chi connectivity index (χ0) is 24.6. The van der Waals surface area contributed by atoms with Crippen molar-refractivity contribution >= 4 is 23.5 Å². The van der Waals surface area contributed by atoms with Gasteiger partial charge in [0, 0.05) is 17.8 Å². The molecular weight excluding hydrogens is 441 g/mol. The Kier molecular flexibility index (Phi) is 5.22. The third kappa shape index (κ3) is 3.21. The fraction of sp³-hybridized carbons (Fsp3) is 0.667. The Morgan fingerprint density at radius 1 is 1.24 bits per heavy atom. The molecule has 0 aliphatic heterocycles. The highest BCUT2D eigenvalue weighted by molar-refractivity contribution is 6.02. The predicted octanol–water partition coefficient (Wildman–Crippen LogP) is 3.63. The Morgan fingerprint density at radius 2 is 1.91 bits per heavy atom. The van der Waals surface area contributed by atoms with Gasteiger partial charge in [0.1, 0.15) is 12.3 Å². The average Bonchev–Trinajstić information content (AvgIpc) is 3.00. The lowest BCUT2D eigenvalue weighted by Crippen LogP contribution is -2.67. The molecule has 0 bridgehead atoms. The average molecular weight is 468 g/mol. The first kappa shape index (κ1) is 23.7. The van der Waals surface area contributed by atoms with E-state index in [0.29, 0.717) is 6.42 Å². The van der Waals surface area contributed by atoms with Crippen molar-refractivity contribution in [1.82, 2.24) is 0 Å². The Balaban J connectivity index is 1.66. The molecule has 3 saturated carbocycles. The van der Waals surface area contributed by atoms with E-state index in [-0.39, 0.29) is 24.8 Å². The number of hydrogen-bond donors (Lipinski definition) is 1. The Morgan fingerprint density at radius 3 is 2.55 bits per heavy atom. The van der Waals surface area contributed by atoms with Crippen LogP contribution in [0, 0.1) is 22.7 Å². The van der Waals surface area contributed by atoms with Gasteiger partial charge in [-0.15, -0.1) is 0 Å². The molecule has 4 aliphatic carbocycles. The molecule has 180 valence electrons. The Bertz CT molecular complexity index is 1000. The van der Waals surface area contributed by atoms with E-state index < -0.39 is 76.2 Å². The summed E-state index contributed by atoms with van der Waals surface area (Å²) in [6.07, 6.45) is -0.120. The van der Waals surface area contributed by atoms with Crippen molar-refractivity contribution < 1.29 is 42.2 Å². The minimum Gasteiger partial charge on any atom is -0.481 e. The van der Waals surface area contributed by atoms with Crippen molar-refractivity contribution in [2.24, 2.45) is 22.7 Å². The van der Waals surface area contributed by atoms with Gasteiger partial charge in [-0.1, -0.05) is 13.0 Å². The SMILES string of the molecule is CC(F)(CC(=O)O)C(=O)OC1CC[C@H]2[C@@H]3C[C@@H](F)C4=CC(=O)C=C[C@]4(C)[C@@]3(F)C(=O)C[C@]12C.